The number of hydrogen-bond acceptors (Lipinski definition) is 5. The molecule has 0 unspecified atom stereocenters. The molecule has 2 heterocycles. The SMILES string of the molecule is COc1ccccc1N1C[C@@H](C(=O)N2CCOC[C@H]2C(=O)O)CC1=O. The number of carboxylic acid groups (broad SMARTS) is 1. The van der Waals surface area contributed by atoms with Gasteiger partial charge in [0.25, 0.3) is 0 Å². The normalized spacial score (nSPS) is 23.6. The van der Waals surface area contributed by atoms with E-state index in [1.807, 2.05) is 0 Å². The number of para-hydroxylation sites is 2. The molecule has 25 heavy (non-hydrogen) atoms. The highest BCUT2D eigenvalue weighted by atomic mass is 16.5. The maximum Gasteiger partial charge on any atom is 0.328 e. The number of anilines is 1. The Hall–Kier alpha value is -2.61. The molecular weight excluding hydrogens is 328 g/mol. The van der Waals surface area contributed by atoms with Crippen molar-refractivity contribution >= 4 is 23.5 Å². The summed E-state index contributed by atoms with van der Waals surface area (Å²) in [5.41, 5.74) is 0.613. The Kier molecular flexibility index (Phi) is 4.89. The van der Waals surface area contributed by atoms with Gasteiger partial charge in [-0.1, -0.05) is 12.1 Å². The minimum absolute atomic E-state index is 0.0298. The van der Waals surface area contributed by atoms with E-state index in [1.54, 1.807) is 24.3 Å². The summed E-state index contributed by atoms with van der Waals surface area (Å²) in [6.45, 7) is 0.696. The van der Waals surface area contributed by atoms with Crippen molar-refractivity contribution in [1.29, 1.82) is 0 Å². The lowest BCUT2D eigenvalue weighted by Gasteiger charge is -2.34. The van der Waals surface area contributed by atoms with Gasteiger partial charge >= 0.3 is 5.97 Å². The number of ether oxygens (including phenoxy) is 2. The molecule has 0 bridgehead atoms. The molecule has 2 atom stereocenters. The number of carbonyl (C=O) groups is 3. The lowest BCUT2D eigenvalue weighted by molar-refractivity contribution is -0.160. The first kappa shape index (κ1) is 17.2. The quantitative estimate of drug-likeness (QED) is 0.844. The van der Waals surface area contributed by atoms with E-state index in [0.717, 1.165) is 0 Å². The van der Waals surface area contributed by atoms with E-state index in [-0.39, 0.29) is 37.9 Å². The number of methoxy groups -OCH3 is 1. The van der Waals surface area contributed by atoms with E-state index < -0.39 is 17.9 Å². The van der Waals surface area contributed by atoms with Crippen molar-refractivity contribution in [2.75, 3.05) is 38.3 Å². The van der Waals surface area contributed by atoms with Gasteiger partial charge in [-0.15, -0.1) is 0 Å². The van der Waals surface area contributed by atoms with Crippen LogP contribution in [-0.2, 0) is 19.1 Å². The highest BCUT2D eigenvalue weighted by molar-refractivity contribution is 6.01. The second-order valence-corrected chi connectivity index (χ2v) is 6.04. The van der Waals surface area contributed by atoms with Crippen molar-refractivity contribution in [2.24, 2.45) is 5.92 Å². The fourth-order valence-electron chi connectivity index (χ4n) is 3.27. The fourth-order valence-corrected chi connectivity index (χ4v) is 3.27. The molecule has 0 aromatic heterocycles. The molecule has 1 N–H and O–H groups in total. The molecule has 1 aromatic carbocycles. The summed E-state index contributed by atoms with van der Waals surface area (Å²) in [6, 6.07) is 6.11. The van der Waals surface area contributed by atoms with E-state index in [0.29, 0.717) is 18.0 Å². The number of hydrogen-bond donors (Lipinski definition) is 1. The van der Waals surface area contributed by atoms with Crippen LogP contribution in [0.4, 0.5) is 5.69 Å². The number of benzene rings is 1. The molecular formula is C17H20N2O6. The van der Waals surface area contributed by atoms with Crippen LogP contribution in [0.25, 0.3) is 0 Å². The summed E-state index contributed by atoms with van der Waals surface area (Å²) in [5.74, 6) is -1.61. The van der Waals surface area contributed by atoms with Gasteiger partial charge < -0.3 is 24.4 Å². The van der Waals surface area contributed by atoms with Gasteiger partial charge in [-0.2, -0.15) is 0 Å². The molecule has 0 aliphatic carbocycles. The number of carboxylic acids is 1. The van der Waals surface area contributed by atoms with E-state index in [9.17, 15) is 19.5 Å². The monoisotopic (exact) mass is 348 g/mol. The number of nitrogens with zero attached hydrogens (tertiary/aromatic N) is 2. The number of carbonyl (C=O) groups excluding carboxylic acids is 2. The molecule has 2 fully saturated rings. The predicted octanol–water partition coefficient (Wildman–Crippen LogP) is 0.360. The zero-order chi connectivity index (χ0) is 18.0. The van der Waals surface area contributed by atoms with Crippen molar-refractivity contribution in [3.63, 3.8) is 0 Å². The maximum atomic E-state index is 12.8. The molecule has 2 aliphatic heterocycles. The highest BCUT2D eigenvalue weighted by Crippen LogP contribution is 2.33. The molecule has 1 aromatic rings. The molecule has 0 radical (unpaired) electrons. The van der Waals surface area contributed by atoms with Crippen molar-refractivity contribution in [3.8, 4) is 5.75 Å². The predicted molar refractivity (Wildman–Crippen MR) is 87.4 cm³/mol. The van der Waals surface area contributed by atoms with Crippen LogP contribution in [-0.4, -0.2) is 67.2 Å². The molecule has 0 saturated carbocycles. The summed E-state index contributed by atoms with van der Waals surface area (Å²) in [4.78, 5) is 39.4. The van der Waals surface area contributed by atoms with E-state index in [1.165, 1.54) is 16.9 Å². The largest absolute Gasteiger partial charge is 0.495 e. The zero-order valence-corrected chi connectivity index (χ0v) is 13.9. The molecule has 2 amide bonds. The molecule has 134 valence electrons. The van der Waals surface area contributed by atoms with Crippen molar-refractivity contribution < 1.29 is 29.0 Å². The van der Waals surface area contributed by atoms with Crippen LogP contribution in [0.15, 0.2) is 24.3 Å². The van der Waals surface area contributed by atoms with Crippen molar-refractivity contribution in [3.05, 3.63) is 24.3 Å². The van der Waals surface area contributed by atoms with Gasteiger partial charge in [0.2, 0.25) is 11.8 Å². The number of amides is 2. The standard InChI is InChI=1S/C17H20N2O6/c1-24-14-5-3-2-4-12(14)19-9-11(8-15(19)20)16(21)18-6-7-25-10-13(18)17(22)23/h2-5,11,13H,6-10H2,1H3,(H,22,23)/t11-,13-/m0/s1. The van der Waals surface area contributed by atoms with Crippen LogP contribution in [0.1, 0.15) is 6.42 Å². The Balaban J connectivity index is 1.77. The van der Waals surface area contributed by atoms with Crippen LogP contribution in [0.5, 0.6) is 5.75 Å². The number of aliphatic carboxylic acids is 1. The molecule has 3 rings (SSSR count). The minimum atomic E-state index is -1.10. The summed E-state index contributed by atoms with van der Waals surface area (Å²) in [6.07, 6.45) is 0.0561. The van der Waals surface area contributed by atoms with Gasteiger partial charge in [-0.3, -0.25) is 9.59 Å². The van der Waals surface area contributed by atoms with Gasteiger partial charge in [-0.25, -0.2) is 4.79 Å². The Bertz CT molecular complexity index is 691. The second kappa shape index (κ2) is 7.10. The van der Waals surface area contributed by atoms with Crippen LogP contribution in [0.2, 0.25) is 0 Å². The number of morpholine rings is 1. The summed E-state index contributed by atoms with van der Waals surface area (Å²) < 4.78 is 10.4. The lowest BCUT2D eigenvalue weighted by atomic mass is 10.1. The van der Waals surface area contributed by atoms with Gasteiger partial charge in [0.05, 0.1) is 31.9 Å². The third-order valence-electron chi connectivity index (χ3n) is 4.55. The molecule has 2 saturated heterocycles. The molecule has 2 aliphatic rings. The van der Waals surface area contributed by atoms with Gasteiger partial charge in [0, 0.05) is 19.5 Å². The Morgan fingerprint density at radius 2 is 2.08 bits per heavy atom. The third-order valence-corrected chi connectivity index (χ3v) is 4.55. The van der Waals surface area contributed by atoms with Crippen LogP contribution in [0.3, 0.4) is 0 Å². The average molecular weight is 348 g/mol. The van der Waals surface area contributed by atoms with E-state index >= 15 is 0 Å². The van der Waals surface area contributed by atoms with Gasteiger partial charge in [0.15, 0.2) is 6.04 Å². The third kappa shape index (κ3) is 3.30. The summed E-state index contributed by atoms with van der Waals surface area (Å²) in [5, 5.41) is 9.28. The fraction of sp³-hybridized carbons (Fsp3) is 0.471. The average Bonchev–Trinajstić information content (AvgIpc) is 3.02. The zero-order valence-electron chi connectivity index (χ0n) is 13.9. The Morgan fingerprint density at radius 3 is 2.80 bits per heavy atom. The first-order chi connectivity index (χ1) is 12.0. The first-order valence-electron chi connectivity index (χ1n) is 8.07. The van der Waals surface area contributed by atoms with Crippen LogP contribution in [0, 0.1) is 5.92 Å². The minimum Gasteiger partial charge on any atom is -0.495 e. The van der Waals surface area contributed by atoms with E-state index in [4.69, 9.17) is 9.47 Å². The molecule has 8 heteroatoms. The van der Waals surface area contributed by atoms with E-state index in [2.05, 4.69) is 0 Å². The molecule has 8 nitrogen and oxygen atoms in total. The summed E-state index contributed by atoms with van der Waals surface area (Å²) in [7, 11) is 1.52. The molecule has 0 spiro atoms. The van der Waals surface area contributed by atoms with Gasteiger partial charge in [0.1, 0.15) is 5.75 Å². The van der Waals surface area contributed by atoms with Gasteiger partial charge in [-0.05, 0) is 12.1 Å². The topological polar surface area (TPSA) is 96.4 Å². The van der Waals surface area contributed by atoms with Crippen LogP contribution < -0.4 is 9.64 Å². The second-order valence-electron chi connectivity index (χ2n) is 6.04. The van der Waals surface area contributed by atoms with Crippen LogP contribution >= 0.6 is 0 Å². The first-order valence-corrected chi connectivity index (χ1v) is 8.07. The highest BCUT2D eigenvalue weighted by Gasteiger charge is 2.42. The maximum absolute atomic E-state index is 12.8. The Labute approximate surface area is 144 Å². The lowest BCUT2D eigenvalue weighted by Crippen LogP contribution is -2.54. The smallest absolute Gasteiger partial charge is 0.328 e. The van der Waals surface area contributed by atoms with Crippen molar-refractivity contribution in [1.82, 2.24) is 4.90 Å². The number of rotatable bonds is 4. The summed E-state index contributed by atoms with van der Waals surface area (Å²) >= 11 is 0. The Morgan fingerprint density at radius 1 is 1.32 bits per heavy atom. The van der Waals surface area contributed by atoms with Crippen molar-refractivity contribution in [2.45, 2.75) is 12.5 Å².